The first-order chi connectivity index (χ1) is 50.8. The lowest BCUT2D eigenvalue weighted by molar-refractivity contribution is -0.213. The van der Waals surface area contributed by atoms with Crippen molar-refractivity contribution >= 4 is 46.5 Å². The van der Waals surface area contributed by atoms with Crippen molar-refractivity contribution in [1.29, 1.82) is 0 Å². The Morgan fingerprint density at radius 1 is 0.561 bits per heavy atom. The number of allylic oxidation sites excluding steroid dienone is 3. The van der Waals surface area contributed by atoms with Crippen LogP contribution in [-0.2, 0) is 47.7 Å². The second kappa shape index (κ2) is 28.3. The molecule has 107 heavy (non-hydrogen) atoms. The van der Waals surface area contributed by atoms with E-state index in [0.717, 1.165) is 156 Å². The molecule has 0 aromatic heterocycles. The van der Waals surface area contributed by atoms with Gasteiger partial charge in [-0.25, -0.2) is 0 Å². The van der Waals surface area contributed by atoms with Crippen molar-refractivity contribution in [2.24, 2.45) is 144 Å². The van der Waals surface area contributed by atoms with Crippen molar-refractivity contribution in [2.45, 2.75) is 348 Å². The van der Waals surface area contributed by atoms with E-state index < -0.39 is 0 Å². The molecule has 3 heterocycles. The number of thioether (sulfide) groups is 1. The zero-order valence-electron chi connectivity index (χ0n) is 67.8. The van der Waals surface area contributed by atoms with Crippen LogP contribution >= 0.6 is 11.8 Å². The van der Waals surface area contributed by atoms with Gasteiger partial charge in [-0.15, -0.1) is 0 Å². The summed E-state index contributed by atoms with van der Waals surface area (Å²) >= 11 is 1.50. The molecule has 3 spiro atoms. The number of carbonyl (C=O) groups is 6. The van der Waals surface area contributed by atoms with E-state index in [2.05, 4.69) is 74.5 Å². The van der Waals surface area contributed by atoms with Gasteiger partial charge in [0.15, 0.2) is 10.9 Å². The fourth-order valence-corrected chi connectivity index (χ4v) is 34.1. The van der Waals surface area contributed by atoms with Gasteiger partial charge in [-0.3, -0.25) is 28.8 Å². The summed E-state index contributed by atoms with van der Waals surface area (Å²) in [5.41, 5.74) is 5.97. The van der Waals surface area contributed by atoms with Gasteiger partial charge in [0.2, 0.25) is 0 Å². The van der Waals surface area contributed by atoms with Crippen LogP contribution in [0.2, 0.25) is 0 Å². The average Bonchev–Trinajstić information content (AvgIpc) is 1.61. The van der Waals surface area contributed by atoms with E-state index in [4.69, 9.17) is 18.9 Å². The SMILES string of the molecule is CC(=O)S[C@@H]1CC2=CC(=O)CC[C@]2(C)C2CC[C@@]3(C)C(CC[C@@]34CCC(=O)O4)C21.COC(=O)CC[C@@H]1CC2C3CCC4=C[C@@H](O)CC[C@]4(C)C3CC[C@]2(C)C1.C[C@@H]1CCC(=O)O[C@@]12CCC1C3CC[C@H]4C[C@@H](O)CC[C@]4(C)C3CC[C@@]12C.C[C@H]1C(=O)OC[C@]23CCC4C(CC=C5C[C@@H](O)CC[C@@]54C)C2CC[C@H]13. The number of rotatable bonds is 4. The van der Waals surface area contributed by atoms with Crippen molar-refractivity contribution in [3.8, 4) is 0 Å². The van der Waals surface area contributed by atoms with E-state index in [1.165, 1.54) is 134 Å². The minimum absolute atomic E-state index is 0.0119. The Morgan fingerprint density at radius 3 is 2.02 bits per heavy atom. The first-order valence-corrected chi connectivity index (χ1v) is 45.2. The molecule has 0 radical (unpaired) electrons. The topological polar surface area (TPSA) is 200 Å². The molecule has 594 valence electrons. The number of ether oxygens (including phenoxy) is 4. The Labute approximate surface area is 646 Å². The Hall–Kier alpha value is -3.33. The Kier molecular flexibility index (Phi) is 20.5. The van der Waals surface area contributed by atoms with Gasteiger partial charge in [-0.1, -0.05) is 103 Å². The third kappa shape index (κ3) is 12.4. The van der Waals surface area contributed by atoms with Crippen LogP contribution in [-0.4, -0.2) is 98.6 Å². The molecule has 3 saturated heterocycles. The van der Waals surface area contributed by atoms with E-state index in [-0.39, 0.29) is 97.1 Å². The second-order valence-electron chi connectivity index (χ2n) is 42.3. The lowest BCUT2D eigenvalue weighted by Gasteiger charge is -2.62. The van der Waals surface area contributed by atoms with E-state index in [1.807, 2.05) is 6.08 Å². The van der Waals surface area contributed by atoms with Gasteiger partial charge >= 0.3 is 23.9 Å². The molecule has 16 fully saturated rings. The zero-order valence-corrected chi connectivity index (χ0v) is 68.6. The Balaban J connectivity index is 0.000000109. The van der Waals surface area contributed by atoms with E-state index in [0.29, 0.717) is 101 Å². The number of aliphatic hydroxyl groups is 3. The molecule has 16 aliphatic carbocycles. The Morgan fingerprint density at radius 2 is 1.24 bits per heavy atom. The summed E-state index contributed by atoms with van der Waals surface area (Å²) in [6.45, 7) is 24.1. The van der Waals surface area contributed by atoms with E-state index in [1.54, 1.807) is 18.1 Å². The lowest BCUT2D eigenvalue weighted by Crippen LogP contribution is -2.60. The molecule has 0 aromatic carbocycles. The van der Waals surface area contributed by atoms with Crippen LogP contribution in [0, 0.1) is 144 Å². The van der Waals surface area contributed by atoms with Gasteiger partial charge < -0.3 is 34.3 Å². The number of hydrogen-bond donors (Lipinski definition) is 3. The summed E-state index contributed by atoms with van der Waals surface area (Å²) in [7, 11) is 1.50. The molecule has 14 heteroatoms. The number of esters is 4. The fourth-order valence-electron chi connectivity index (χ4n) is 32.9. The van der Waals surface area contributed by atoms with Crippen LogP contribution in [0.5, 0.6) is 0 Å². The molecule has 19 aliphatic rings. The van der Waals surface area contributed by atoms with Gasteiger partial charge in [0.05, 0.1) is 37.9 Å². The number of carbonyl (C=O) groups excluding carboxylic acids is 6. The van der Waals surface area contributed by atoms with Crippen LogP contribution in [0.15, 0.2) is 34.9 Å². The molecule has 13 saturated carbocycles. The normalized spacial score (nSPS) is 51.9. The molecule has 0 aromatic rings. The predicted molar refractivity (Wildman–Crippen MR) is 415 cm³/mol. The maximum Gasteiger partial charge on any atom is 0.308 e. The standard InChI is InChI=1S/C24H32O4S.C24H38O3.C23H36O3.C22H32O3/c1-14(25)29-19-13-15-12-16(26)4-8-22(15,2)17-5-9-23(3)18(21(17)19)6-10-24(23)11-7-20(27)28-24;1-15-4-7-21(26)27-24(15)13-10-20-18-6-5-16-14-17(25)8-11-22(16,2)19(18)9-12-23(20,24)3;1-22-10-9-19-18(6-5-16-13-17(24)8-11-23(16,19)2)20(22)12-15(14-22)4-7-21(25)26-3;1-13-17-5-6-19-16-4-3-14-11-15(23)7-9-21(14,2)18(16)8-10-22(17,19)12-25-20(13)24/h12,17-19,21H,4-11,13H2,1-3H3;15-20,25H,4-14H2,1-3H3;13,15,17-20,24H,4-12,14H2,1-3H3;3,13,15-19,23H,4-12H2,1-2H3/t17?,18?,19-,21?,22+,23+,24-;15-,16+,17+,18?,19?,20?,22+,23+,24+;15-,17+,18?,19?,20?,22-,23+;13-,15+,16?,17-,18?,19?,21+,22+/m1111/s1. The third-order valence-electron chi connectivity index (χ3n) is 38.6. The minimum atomic E-state index is -0.287. The smallest absolute Gasteiger partial charge is 0.308 e. The number of hydrogen-bond acceptors (Lipinski definition) is 14. The largest absolute Gasteiger partial charge is 0.469 e. The molecule has 3 N–H and O–H groups in total. The van der Waals surface area contributed by atoms with Crippen molar-refractivity contribution in [1.82, 2.24) is 0 Å². The minimum Gasteiger partial charge on any atom is -0.469 e. The van der Waals surface area contributed by atoms with Gasteiger partial charge in [0, 0.05) is 54.1 Å². The van der Waals surface area contributed by atoms with Crippen molar-refractivity contribution in [2.75, 3.05) is 13.7 Å². The maximum atomic E-state index is 12.3. The first kappa shape index (κ1) is 77.6. The van der Waals surface area contributed by atoms with E-state index in [9.17, 15) is 44.1 Å². The molecule has 13 nitrogen and oxygen atoms in total. The van der Waals surface area contributed by atoms with Crippen molar-refractivity contribution < 1.29 is 63.0 Å². The summed E-state index contributed by atoms with van der Waals surface area (Å²) in [6, 6.07) is 0. The molecular weight excluding hydrogens is 1360 g/mol. The molecule has 3 aliphatic heterocycles. The van der Waals surface area contributed by atoms with Crippen LogP contribution in [0.4, 0.5) is 0 Å². The fraction of sp³-hybridized carbons (Fsp3) is 0.871. The first-order valence-electron chi connectivity index (χ1n) is 44.3. The predicted octanol–water partition coefficient (Wildman–Crippen LogP) is 18.9. The zero-order chi connectivity index (χ0) is 75.6. The van der Waals surface area contributed by atoms with Gasteiger partial charge in [0.1, 0.15) is 11.2 Å². The van der Waals surface area contributed by atoms with Crippen molar-refractivity contribution in [3.63, 3.8) is 0 Å². The highest BCUT2D eigenvalue weighted by atomic mass is 32.2. The highest BCUT2D eigenvalue weighted by Crippen LogP contribution is 2.75. The summed E-state index contributed by atoms with van der Waals surface area (Å²) in [5, 5.41) is 30.9. The summed E-state index contributed by atoms with van der Waals surface area (Å²) in [5.74, 6) is 11.3. The summed E-state index contributed by atoms with van der Waals surface area (Å²) < 4.78 is 22.9. The maximum absolute atomic E-state index is 12.3. The average molecular weight is 1500 g/mol. The van der Waals surface area contributed by atoms with Crippen LogP contribution in [0.25, 0.3) is 0 Å². The van der Waals surface area contributed by atoms with Crippen LogP contribution < -0.4 is 0 Å². The monoisotopic (exact) mass is 1490 g/mol. The second-order valence-corrected chi connectivity index (χ2v) is 43.7. The van der Waals surface area contributed by atoms with Gasteiger partial charge in [0.25, 0.3) is 0 Å². The summed E-state index contributed by atoms with van der Waals surface area (Å²) in [6.07, 6.45) is 47.4. The molecule has 19 rings (SSSR count). The van der Waals surface area contributed by atoms with Crippen LogP contribution in [0.3, 0.4) is 0 Å². The number of methoxy groups -OCH3 is 1. The van der Waals surface area contributed by atoms with Crippen molar-refractivity contribution in [3.05, 3.63) is 34.9 Å². The van der Waals surface area contributed by atoms with Gasteiger partial charge in [-0.2, -0.15) is 0 Å². The van der Waals surface area contributed by atoms with Crippen LogP contribution in [0.1, 0.15) is 313 Å². The lowest BCUT2D eigenvalue weighted by atomic mass is 9.44. The number of aliphatic hydroxyl groups excluding tert-OH is 3. The molecule has 12 unspecified atom stereocenters. The van der Waals surface area contributed by atoms with Gasteiger partial charge in [-0.05, 0) is 346 Å². The molecule has 0 bridgehead atoms. The Bertz CT molecular complexity index is 3580. The number of cyclic esters (lactones) is 1. The third-order valence-corrected chi connectivity index (χ3v) is 39.7. The number of ketones is 1. The highest BCUT2D eigenvalue weighted by Gasteiger charge is 2.72. The molecule has 31 atom stereocenters. The summed E-state index contributed by atoms with van der Waals surface area (Å²) in [4.78, 5) is 72.4. The molecular formula is C93H138O13S. The molecule has 0 amide bonds. The highest BCUT2D eigenvalue weighted by molar-refractivity contribution is 8.14. The quantitative estimate of drug-likeness (QED) is 0.136. The number of fused-ring (bicyclic) bond motifs is 21. The van der Waals surface area contributed by atoms with E-state index >= 15 is 0 Å².